The molecule has 0 spiro atoms. The van der Waals surface area contributed by atoms with Gasteiger partial charge in [0.15, 0.2) is 11.2 Å². The fourth-order valence-electron chi connectivity index (χ4n) is 3.46. The van der Waals surface area contributed by atoms with Crippen molar-refractivity contribution in [2.24, 2.45) is 14.1 Å². The van der Waals surface area contributed by atoms with Crippen LogP contribution in [0, 0.1) is 0 Å². The molecule has 1 aliphatic rings. The lowest BCUT2D eigenvalue weighted by molar-refractivity contribution is 0.484. The van der Waals surface area contributed by atoms with Crippen LogP contribution in [0.1, 0.15) is 30.1 Å². The molecular formula is C16H17N5O2. The minimum Gasteiger partial charge on any atom is -0.315 e. The lowest BCUT2D eigenvalue weighted by atomic mass is 9.92. The highest BCUT2D eigenvalue weighted by atomic mass is 16.2. The summed E-state index contributed by atoms with van der Waals surface area (Å²) >= 11 is 0. The zero-order chi connectivity index (χ0) is 16.1. The van der Waals surface area contributed by atoms with E-state index in [-0.39, 0.29) is 17.3 Å². The van der Waals surface area contributed by atoms with Gasteiger partial charge in [0.2, 0.25) is 0 Å². The molecule has 0 aromatic carbocycles. The molecular weight excluding hydrogens is 294 g/mol. The van der Waals surface area contributed by atoms with Crippen LogP contribution in [0.15, 0.2) is 34.2 Å². The van der Waals surface area contributed by atoms with E-state index < -0.39 is 0 Å². The quantitative estimate of drug-likeness (QED) is 0.665. The molecule has 3 heterocycles. The summed E-state index contributed by atoms with van der Waals surface area (Å²) in [4.78, 5) is 33.5. The molecule has 118 valence electrons. The van der Waals surface area contributed by atoms with Crippen molar-refractivity contribution in [1.29, 1.82) is 0 Å². The third kappa shape index (κ3) is 1.89. The Morgan fingerprint density at radius 2 is 2.00 bits per heavy atom. The standard InChI is InChI=1S/C16H17N5O2/c1-19-14-13(15(22)20(2)16(19)23)21(9-18-14)11-7-3-5-10-6-4-8-17-12(10)11/h4,6,8-9,11H,3,5,7H2,1-2H3. The van der Waals surface area contributed by atoms with E-state index in [1.54, 1.807) is 19.6 Å². The van der Waals surface area contributed by atoms with Crippen LogP contribution in [0.5, 0.6) is 0 Å². The van der Waals surface area contributed by atoms with Crippen LogP contribution in [-0.4, -0.2) is 23.7 Å². The third-order valence-electron chi connectivity index (χ3n) is 4.67. The minimum absolute atomic E-state index is 0.0184. The Kier molecular flexibility index (Phi) is 2.97. The summed E-state index contributed by atoms with van der Waals surface area (Å²) in [6, 6.07) is 4.01. The second kappa shape index (κ2) is 4.91. The van der Waals surface area contributed by atoms with Crippen molar-refractivity contribution in [3.05, 3.63) is 56.8 Å². The van der Waals surface area contributed by atoms with Gasteiger partial charge in [-0.1, -0.05) is 6.07 Å². The highest BCUT2D eigenvalue weighted by Crippen LogP contribution is 2.32. The molecule has 7 nitrogen and oxygen atoms in total. The molecule has 1 unspecified atom stereocenters. The lowest BCUT2D eigenvalue weighted by Gasteiger charge is -2.25. The van der Waals surface area contributed by atoms with E-state index in [1.807, 2.05) is 10.6 Å². The van der Waals surface area contributed by atoms with Crippen molar-refractivity contribution in [2.75, 3.05) is 0 Å². The Labute approximate surface area is 131 Å². The molecule has 0 saturated heterocycles. The topological polar surface area (TPSA) is 74.7 Å². The van der Waals surface area contributed by atoms with Crippen molar-refractivity contribution in [2.45, 2.75) is 25.3 Å². The number of pyridine rings is 1. The summed E-state index contributed by atoms with van der Waals surface area (Å²) in [6.07, 6.45) is 6.38. The van der Waals surface area contributed by atoms with E-state index in [4.69, 9.17) is 0 Å². The third-order valence-corrected chi connectivity index (χ3v) is 4.67. The minimum atomic E-state index is -0.366. The van der Waals surface area contributed by atoms with Gasteiger partial charge < -0.3 is 4.57 Å². The summed E-state index contributed by atoms with van der Waals surface area (Å²) in [5, 5.41) is 0. The van der Waals surface area contributed by atoms with Gasteiger partial charge in [0, 0.05) is 20.3 Å². The van der Waals surface area contributed by atoms with Crippen molar-refractivity contribution < 1.29 is 0 Å². The first-order valence-electron chi connectivity index (χ1n) is 7.66. The number of hydrogen-bond acceptors (Lipinski definition) is 4. The number of rotatable bonds is 1. The van der Waals surface area contributed by atoms with Crippen molar-refractivity contribution in [1.82, 2.24) is 23.7 Å². The fourth-order valence-corrected chi connectivity index (χ4v) is 3.46. The maximum atomic E-state index is 12.6. The Balaban J connectivity index is 2.02. The number of hydrogen-bond donors (Lipinski definition) is 0. The van der Waals surface area contributed by atoms with Gasteiger partial charge in [0.1, 0.15) is 0 Å². The summed E-state index contributed by atoms with van der Waals surface area (Å²) in [7, 11) is 3.13. The maximum absolute atomic E-state index is 12.6. The molecule has 0 bridgehead atoms. The van der Waals surface area contributed by atoms with Gasteiger partial charge in [-0.3, -0.25) is 18.9 Å². The van der Waals surface area contributed by atoms with E-state index in [0.717, 1.165) is 29.5 Å². The zero-order valence-electron chi connectivity index (χ0n) is 13.1. The number of fused-ring (bicyclic) bond motifs is 2. The molecule has 0 amide bonds. The second-order valence-electron chi connectivity index (χ2n) is 5.99. The number of aryl methyl sites for hydroxylation is 2. The molecule has 3 aromatic heterocycles. The molecule has 3 aromatic rings. The highest BCUT2D eigenvalue weighted by Gasteiger charge is 2.26. The summed E-state index contributed by atoms with van der Waals surface area (Å²) in [5.74, 6) is 0. The predicted octanol–water partition coefficient (Wildman–Crippen LogP) is 0.754. The van der Waals surface area contributed by atoms with Crippen molar-refractivity contribution in [3.63, 3.8) is 0 Å². The van der Waals surface area contributed by atoms with Crippen LogP contribution in [0.4, 0.5) is 0 Å². The van der Waals surface area contributed by atoms with Gasteiger partial charge in [-0.2, -0.15) is 0 Å². The molecule has 1 aliphatic carbocycles. The number of nitrogens with zero attached hydrogens (tertiary/aromatic N) is 5. The lowest BCUT2D eigenvalue weighted by Crippen LogP contribution is -2.38. The van der Waals surface area contributed by atoms with Gasteiger partial charge in [0.25, 0.3) is 5.56 Å². The molecule has 0 N–H and O–H groups in total. The van der Waals surface area contributed by atoms with Crippen LogP contribution in [0.3, 0.4) is 0 Å². The van der Waals surface area contributed by atoms with Crippen molar-refractivity contribution >= 4 is 11.2 Å². The van der Waals surface area contributed by atoms with Gasteiger partial charge >= 0.3 is 5.69 Å². The van der Waals surface area contributed by atoms with Crippen LogP contribution in [0.25, 0.3) is 11.2 Å². The van der Waals surface area contributed by atoms with E-state index in [2.05, 4.69) is 16.0 Å². The van der Waals surface area contributed by atoms with Gasteiger partial charge in [0.05, 0.1) is 18.1 Å². The SMILES string of the molecule is Cn1c(=O)c2c(ncn2C2CCCc3cccnc32)n(C)c1=O. The van der Waals surface area contributed by atoms with Crippen LogP contribution in [-0.2, 0) is 20.5 Å². The van der Waals surface area contributed by atoms with E-state index in [1.165, 1.54) is 17.2 Å². The van der Waals surface area contributed by atoms with Crippen LogP contribution >= 0.6 is 0 Å². The summed E-state index contributed by atoms with van der Waals surface area (Å²) < 4.78 is 4.42. The van der Waals surface area contributed by atoms with Gasteiger partial charge in [-0.15, -0.1) is 0 Å². The fraction of sp³-hybridized carbons (Fsp3) is 0.375. The molecule has 0 radical (unpaired) electrons. The summed E-state index contributed by atoms with van der Waals surface area (Å²) in [5.41, 5.74) is 2.40. The van der Waals surface area contributed by atoms with Gasteiger partial charge in [-0.05, 0) is 30.9 Å². The first-order valence-corrected chi connectivity index (χ1v) is 7.66. The highest BCUT2D eigenvalue weighted by molar-refractivity contribution is 5.70. The van der Waals surface area contributed by atoms with E-state index in [9.17, 15) is 9.59 Å². The Bertz CT molecular complexity index is 1030. The molecule has 23 heavy (non-hydrogen) atoms. The normalized spacial score (nSPS) is 17.4. The van der Waals surface area contributed by atoms with Crippen LogP contribution in [0.2, 0.25) is 0 Å². The Morgan fingerprint density at radius 1 is 1.17 bits per heavy atom. The smallest absolute Gasteiger partial charge is 0.315 e. The average molecular weight is 311 g/mol. The monoisotopic (exact) mass is 311 g/mol. The maximum Gasteiger partial charge on any atom is 0.332 e. The molecule has 4 rings (SSSR count). The molecule has 0 fully saturated rings. The number of imidazole rings is 1. The molecule has 0 aliphatic heterocycles. The zero-order valence-corrected chi connectivity index (χ0v) is 13.1. The van der Waals surface area contributed by atoms with Crippen molar-refractivity contribution in [3.8, 4) is 0 Å². The van der Waals surface area contributed by atoms with E-state index in [0.29, 0.717) is 11.2 Å². The Morgan fingerprint density at radius 3 is 2.83 bits per heavy atom. The first kappa shape index (κ1) is 13.9. The summed E-state index contributed by atoms with van der Waals surface area (Å²) in [6.45, 7) is 0. The van der Waals surface area contributed by atoms with E-state index >= 15 is 0 Å². The first-order chi connectivity index (χ1) is 11.1. The number of aromatic nitrogens is 5. The van der Waals surface area contributed by atoms with Gasteiger partial charge in [-0.25, -0.2) is 9.78 Å². The predicted molar refractivity (Wildman–Crippen MR) is 85.5 cm³/mol. The largest absolute Gasteiger partial charge is 0.332 e. The average Bonchev–Trinajstić information content (AvgIpc) is 3.02. The Hall–Kier alpha value is -2.70. The molecule has 1 atom stereocenters. The molecule has 7 heteroatoms. The molecule has 0 saturated carbocycles. The van der Waals surface area contributed by atoms with Crippen LogP contribution < -0.4 is 11.2 Å². The second-order valence-corrected chi connectivity index (χ2v) is 5.99.